The minimum absolute atomic E-state index is 0. The average Bonchev–Trinajstić information content (AvgIpc) is 2.45. The third-order valence-corrected chi connectivity index (χ3v) is 6.12. The van der Waals surface area contributed by atoms with E-state index < -0.39 is 10.0 Å². The molecule has 1 heterocycles. The monoisotopic (exact) mass is 376 g/mol. The Balaban J connectivity index is 0.00000288. The Labute approximate surface area is 152 Å². The molecule has 0 aliphatic carbocycles. The Morgan fingerprint density at radius 2 is 2.00 bits per heavy atom. The SMILES string of the molecule is COc1c(C)cc(C)cc1S(=O)(=O)NCC1NCCCC1(C)C.Cl. The maximum Gasteiger partial charge on any atom is 0.244 e. The van der Waals surface area contributed by atoms with E-state index in [1.54, 1.807) is 6.07 Å². The number of aryl methyl sites for hydroxylation is 2. The Hall–Kier alpha value is -0.820. The van der Waals surface area contributed by atoms with Crippen molar-refractivity contribution in [1.82, 2.24) is 10.0 Å². The molecule has 0 aromatic heterocycles. The summed E-state index contributed by atoms with van der Waals surface area (Å²) in [5.41, 5.74) is 1.80. The van der Waals surface area contributed by atoms with Gasteiger partial charge in [-0.25, -0.2) is 13.1 Å². The first kappa shape index (κ1) is 21.2. The zero-order chi connectivity index (χ0) is 17.3. The Morgan fingerprint density at radius 3 is 2.58 bits per heavy atom. The predicted octanol–water partition coefficient (Wildman–Crippen LogP) is 2.79. The number of ether oxygens (including phenoxy) is 1. The number of methoxy groups -OCH3 is 1. The van der Waals surface area contributed by atoms with E-state index in [-0.39, 0.29) is 28.8 Å². The molecule has 0 spiro atoms. The number of nitrogens with one attached hydrogen (secondary N) is 2. The normalized spacial score (nSPS) is 20.3. The topological polar surface area (TPSA) is 67.4 Å². The second-order valence-corrected chi connectivity index (χ2v) is 8.80. The van der Waals surface area contributed by atoms with Gasteiger partial charge in [-0.2, -0.15) is 0 Å². The van der Waals surface area contributed by atoms with Crippen LogP contribution in [0.15, 0.2) is 17.0 Å². The molecule has 1 aliphatic rings. The van der Waals surface area contributed by atoms with Crippen LogP contribution in [0.5, 0.6) is 5.75 Å². The van der Waals surface area contributed by atoms with Crippen LogP contribution in [0.4, 0.5) is 0 Å². The molecule has 7 heteroatoms. The molecular weight excluding hydrogens is 348 g/mol. The van der Waals surface area contributed by atoms with Crippen LogP contribution in [0, 0.1) is 19.3 Å². The van der Waals surface area contributed by atoms with E-state index in [9.17, 15) is 8.42 Å². The first-order valence-electron chi connectivity index (χ1n) is 8.05. The van der Waals surface area contributed by atoms with Gasteiger partial charge in [0.05, 0.1) is 7.11 Å². The second-order valence-electron chi connectivity index (χ2n) is 7.06. The smallest absolute Gasteiger partial charge is 0.244 e. The standard InChI is InChI=1S/C17H28N2O3S.ClH/c1-12-9-13(2)16(22-5)14(10-12)23(20,21)19-11-15-17(3,4)7-6-8-18-15;/h9-10,15,18-19H,6-8,11H2,1-5H3;1H. The zero-order valence-electron chi connectivity index (χ0n) is 15.1. The highest BCUT2D eigenvalue weighted by Crippen LogP contribution is 2.31. The van der Waals surface area contributed by atoms with Crippen molar-refractivity contribution in [2.75, 3.05) is 20.2 Å². The molecule has 24 heavy (non-hydrogen) atoms. The van der Waals surface area contributed by atoms with Gasteiger partial charge in [0.1, 0.15) is 10.6 Å². The van der Waals surface area contributed by atoms with Crippen molar-refractivity contribution in [3.05, 3.63) is 23.3 Å². The van der Waals surface area contributed by atoms with Gasteiger partial charge in [-0.05, 0) is 55.8 Å². The molecule has 0 saturated carbocycles. The summed E-state index contributed by atoms with van der Waals surface area (Å²) in [5.74, 6) is 0.416. The molecule has 1 aliphatic heterocycles. The van der Waals surface area contributed by atoms with Gasteiger partial charge in [0.15, 0.2) is 0 Å². The third kappa shape index (κ3) is 4.63. The summed E-state index contributed by atoms with van der Waals surface area (Å²) in [6.45, 7) is 9.41. The molecule has 1 aromatic carbocycles. The number of piperidine rings is 1. The molecule has 1 unspecified atom stereocenters. The number of benzene rings is 1. The summed E-state index contributed by atoms with van der Waals surface area (Å²) in [5, 5.41) is 3.43. The fraction of sp³-hybridized carbons (Fsp3) is 0.647. The highest BCUT2D eigenvalue weighted by Gasteiger charge is 2.33. The van der Waals surface area contributed by atoms with Crippen LogP contribution < -0.4 is 14.8 Å². The lowest BCUT2D eigenvalue weighted by Crippen LogP contribution is -2.52. The van der Waals surface area contributed by atoms with Gasteiger partial charge >= 0.3 is 0 Å². The molecule has 5 nitrogen and oxygen atoms in total. The van der Waals surface area contributed by atoms with E-state index in [0.29, 0.717) is 12.3 Å². The van der Waals surface area contributed by atoms with Gasteiger partial charge in [-0.1, -0.05) is 19.9 Å². The summed E-state index contributed by atoms with van der Waals surface area (Å²) < 4.78 is 33.6. The van der Waals surface area contributed by atoms with Gasteiger partial charge in [0, 0.05) is 12.6 Å². The van der Waals surface area contributed by atoms with Crippen molar-refractivity contribution in [2.24, 2.45) is 5.41 Å². The fourth-order valence-corrected chi connectivity index (χ4v) is 4.64. The van der Waals surface area contributed by atoms with Crippen molar-refractivity contribution in [3.63, 3.8) is 0 Å². The molecule has 1 saturated heterocycles. The molecule has 1 fully saturated rings. The first-order chi connectivity index (χ1) is 10.7. The van der Waals surface area contributed by atoms with Crippen molar-refractivity contribution in [3.8, 4) is 5.75 Å². The largest absolute Gasteiger partial charge is 0.495 e. The summed E-state index contributed by atoms with van der Waals surface area (Å²) >= 11 is 0. The molecule has 2 rings (SSSR count). The number of halogens is 1. The Morgan fingerprint density at radius 1 is 1.33 bits per heavy atom. The van der Waals surface area contributed by atoms with Crippen molar-refractivity contribution in [1.29, 1.82) is 0 Å². The van der Waals surface area contributed by atoms with E-state index in [2.05, 4.69) is 23.9 Å². The van der Waals surface area contributed by atoms with E-state index in [4.69, 9.17) is 4.74 Å². The molecule has 138 valence electrons. The van der Waals surface area contributed by atoms with E-state index in [1.807, 2.05) is 19.9 Å². The summed E-state index contributed by atoms with van der Waals surface area (Å²) in [6, 6.07) is 3.71. The summed E-state index contributed by atoms with van der Waals surface area (Å²) in [6.07, 6.45) is 2.22. The van der Waals surface area contributed by atoms with Gasteiger partial charge in [0.25, 0.3) is 0 Å². The van der Waals surface area contributed by atoms with Gasteiger partial charge in [-0.15, -0.1) is 12.4 Å². The maximum atomic E-state index is 12.8. The Kier molecular flexibility index (Phi) is 7.11. The number of hydrogen-bond donors (Lipinski definition) is 2. The fourth-order valence-electron chi connectivity index (χ4n) is 3.27. The van der Waals surface area contributed by atoms with Crippen LogP contribution in [-0.2, 0) is 10.0 Å². The lowest BCUT2D eigenvalue weighted by atomic mass is 9.78. The van der Waals surface area contributed by atoms with Gasteiger partial charge in [-0.3, -0.25) is 0 Å². The van der Waals surface area contributed by atoms with E-state index in [1.165, 1.54) is 7.11 Å². The quantitative estimate of drug-likeness (QED) is 0.829. The van der Waals surface area contributed by atoms with Crippen LogP contribution in [0.25, 0.3) is 0 Å². The molecule has 0 radical (unpaired) electrons. The summed E-state index contributed by atoms with van der Waals surface area (Å²) in [4.78, 5) is 0.214. The Bertz CT molecular complexity index is 675. The average molecular weight is 377 g/mol. The first-order valence-corrected chi connectivity index (χ1v) is 9.54. The molecular formula is C17H29ClN2O3S. The molecule has 0 bridgehead atoms. The van der Waals surface area contributed by atoms with Crippen molar-refractivity contribution < 1.29 is 13.2 Å². The van der Waals surface area contributed by atoms with Crippen molar-refractivity contribution >= 4 is 22.4 Å². The minimum Gasteiger partial charge on any atom is -0.495 e. The second kappa shape index (κ2) is 8.04. The lowest BCUT2D eigenvalue weighted by Gasteiger charge is -2.39. The van der Waals surface area contributed by atoms with E-state index >= 15 is 0 Å². The molecule has 0 amide bonds. The summed E-state index contributed by atoms with van der Waals surface area (Å²) in [7, 11) is -2.11. The van der Waals surface area contributed by atoms with Crippen LogP contribution in [0.1, 0.15) is 37.8 Å². The van der Waals surface area contributed by atoms with Crippen LogP contribution in [-0.4, -0.2) is 34.7 Å². The third-order valence-electron chi connectivity index (χ3n) is 4.69. The number of rotatable bonds is 5. The zero-order valence-corrected chi connectivity index (χ0v) is 16.7. The number of hydrogen-bond acceptors (Lipinski definition) is 4. The van der Waals surface area contributed by atoms with Crippen LogP contribution in [0.3, 0.4) is 0 Å². The van der Waals surface area contributed by atoms with E-state index in [0.717, 1.165) is 30.5 Å². The van der Waals surface area contributed by atoms with Gasteiger partial charge in [0.2, 0.25) is 10.0 Å². The van der Waals surface area contributed by atoms with Crippen molar-refractivity contribution in [2.45, 2.75) is 51.5 Å². The molecule has 1 aromatic rings. The molecule has 1 atom stereocenters. The number of sulfonamides is 1. The predicted molar refractivity (Wildman–Crippen MR) is 99.7 cm³/mol. The molecule has 2 N–H and O–H groups in total. The highest BCUT2D eigenvalue weighted by molar-refractivity contribution is 7.89. The van der Waals surface area contributed by atoms with Crippen LogP contribution in [0.2, 0.25) is 0 Å². The highest BCUT2D eigenvalue weighted by atomic mass is 35.5. The minimum atomic E-state index is -3.61. The van der Waals surface area contributed by atoms with Crippen LogP contribution >= 0.6 is 12.4 Å². The lowest BCUT2D eigenvalue weighted by molar-refractivity contribution is 0.181. The van der Waals surface area contributed by atoms with Gasteiger partial charge < -0.3 is 10.1 Å². The maximum absolute atomic E-state index is 12.8.